The van der Waals surface area contributed by atoms with Crippen LogP contribution in [0.4, 0.5) is 11.4 Å². The maximum Gasteiger partial charge on any atom is 0.315 e. The number of anilines is 1. The van der Waals surface area contributed by atoms with Gasteiger partial charge < -0.3 is 10.1 Å². The lowest BCUT2D eigenvalue weighted by Crippen LogP contribution is -2.19. The van der Waals surface area contributed by atoms with Crippen LogP contribution in [0.25, 0.3) is 11.1 Å². The van der Waals surface area contributed by atoms with Gasteiger partial charge in [-0.1, -0.05) is 19.1 Å². The molecule has 8 heteroatoms. The predicted octanol–water partition coefficient (Wildman–Crippen LogP) is 4.64. The van der Waals surface area contributed by atoms with E-state index in [9.17, 15) is 19.7 Å². The molecule has 0 aliphatic carbocycles. The van der Waals surface area contributed by atoms with Gasteiger partial charge in [0.25, 0.3) is 5.69 Å². The van der Waals surface area contributed by atoms with Crippen LogP contribution in [0.5, 0.6) is 0 Å². The zero-order valence-corrected chi connectivity index (χ0v) is 17.5. The maximum absolute atomic E-state index is 12.4. The largest absolute Gasteiger partial charge is 0.465 e. The summed E-state index contributed by atoms with van der Waals surface area (Å²) < 4.78 is 5.15. The number of pyridine rings is 1. The number of benzene rings is 1. The second-order valence-electron chi connectivity index (χ2n) is 6.80. The van der Waals surface area contributed by atoms with Crippen molar-refractivity contribution in [3.63, 3.8) is 0 Å². The minimum atomic E-state index is -0.630. The van der Waals surface area contributed by atoms with E-state index >= 15 is 0 Å². The number of non-ortho nitro benzene ring substituents is 1. The highest BCUT2D eigenvalue weighted by molar-refractivity contribution is 5.98. The van der Waals surface area contributed by atoms with E-state index in [-0.39, 0.29) is 23.9 Å². The third-order valence-electron chi connectivity index (χ3n) is 4.66. The molecular formula is C23H25N3O5. The molecule has 0 aliphatic rings. The molecule has 0 bridgehead atoms. The number of carbonyl (C=O) groups excluding carboxylic acids is 2. The molecule has 0 spiro atoms. The standard InChI is InChI=1S/C23H25N3O5/c1-5-8-19(23(28)31-7-3)20-13-16(11-12-24-20)18-10-9-17(26(29)30)14-21(18)25-22(27)15(4)6-2/h5-6,9-15,19H,1-2,7-8H2,3-4H3,(H,25,27). The number of aromatic nitrogens is 1. The van der Waals surface area contributed by atoms with E-state index in [1.807, 2.05) is 0 Å². The van der Waals surface area contributed by atoms with Crippen molar-refractivity contribution in [3.05, 3.63) is 77.6 Å². The summed E-state index contributed by atoms with van der Waals surface area (Å²) in [6.45, 7) is 10.9. The van der Waals surface area contributed by atoms with Crippen LogP contribution in [0.3, 0.4) is 0 Å². The molecule has 0 fully saturated rings. The van der Waals surface area contributed by atoms with Crippen molar-refractivity contribution in [1.29, 1.82) is 0 Å². The van der Waals surface area contributed by atoms with Crippen molar-refractivity contribution in [3.8, 4) is 11.1 Å². The third-order valence-corrected chi connectivity index (χ3v) is 4.66. The second kappa shape index (κ2) is 10.8. The molecule has 1 heterocycles. The molecule has 2 rings (SSSR count). The maximum atomic E-state index is 12.4. The lowest BCUT2D eigenvalue weighted by atomic mass is 9.96. The Morgan fingerprint density at radius 1 is 1.29 bits per heavy atom. The van der Waals surface area contributed by atoms with Gasteiger partial charge in [0.05, 0.1) is 28.8 Å². The van der Waals surface area contributed by atoms with Gasteiger partial charge in [-0.2, -0.15) is 0 Å². The smallest absolute Gasteiger partial charge is 0.315 e. The van der Waals surface area contributed by atoms with Crippen molar-refractivity contribution >= 4 is 23.3 Å². The van der Waals surface area contributed by atoms with E-state index in [0.29, 0.717) is 23.2 Å². The molecule has 0 aliphatic heterocycles. The average molecular weight is 423 g/mol. The Morgan fingerprint density at radius 2 is 2.03 bits per heavy atom. The summed E-state index contributed by atoms with van der Waals surface area (Å²) in [7, 11) is 0. The van der Waals surface area contributed by atoms with Crippen LogP contribution in [-0.2, 0) is 14.3 Å². The van der Waals surface area contributed by atoms with Crippen LogP contribution in [0, 0.1) is 16.0 Å². The lowest BCUT2D eigenvalue weighted by Gasteiger charge is -2.16. The summed E-state index contributed by atoms with van der Waals surface area (Å²) in [5.74, 6) is -1.87. The van der Waals surface area contributed by atoms with E-state index in [4.69, 9.17) is 4.74 Å². The fourth-order valence-corrected chi connectivity index (χ4v) is 2.91. The number of esters is 1. The van der Waals surface area contributed by atoms with Gasteiger partial charge in [-0.3, -0.25) is 24.7 Å². The molecule has 8 nitrogen and oxygen atoms in total. The van der Waals surface area contributed by atoms with Crippen molar-refractivity contribution in [1.82, 2.24) is 4.98 Å². The Labute approximate surface area is 180 Å². The SMILES string of the molecule is C=CCC(C(=O)OCC)c1cc(-c2ccc([N+](=O)[O-])cc2NC(=O)C(C)C=C)ccn1. The summed E-state index contributed by atoms with van der Waals surface area (Å²) in [6, 6.07) is 7.62. The van der Waals surface area contributed by atoms with Gasteiger partial charge in [0.15, 0.2) is 0 Å². The van der Waals surface area contributed by atoms with Crippen molar-refractivity contribution in [2.45, 2.75) is 26.2 Å². The Bertz CT molecular complexity index is 1000. The zero-order valence-electron chi connectivity index (χ0n) is 17.5. The third kappa shape index (κ3) is 5.85. The predicted molar refractivity (Wildman–Crippen MR) is 119 cm³/mol. The topological polar surface area (TPSA) is 111 Å². The quantitative estimate of drug-likeness (QED) is 0.258. The van der Waals surface area contributed by atoms with E-state index in [1.165, 1.54) is 18.2 Å². The molecule has 0 saturated heterocycles. The number of nitro benzene ring substituents is 1. The average Bonchev–Trinajstić information content (AvgIpc) is 2.76. The number of nitro groups is 1. The normalized spacial score (nSPS) is 12.3. The Hall–Kier alpha value is -3.81. The van der Waals surface area contributed by atoms with Gasteiger partial charge in [0.2, 0.25) is 5.91 Å². The van der Waals surface area contributed by atoms with Crippen molar-refractivity contribution < 1.29 is 19.2 Å². The first-order chi connectivity index (χ1) is 14.8. The fraction of sp³-hybridized carbons (Fsp3) is 0.261. The van der Waals surface area contributed by atoms with E-state index < -0.39 is 22.7 Å². The molecule has 0 radical (unpaired) electrons. The number of hydrogen-bond donors (Lipinski definition) is 1. The molecule has 2 atom stereocenters. The molecule has 31 heavy (non-hydrogen) atoms. The van der Waals surface area contributed by atoms with Crippen LogP contribution in [-0.4, -0.2) is 28.4 Å². The van der Waals surface area contributed by atoms with E-state index in [1.54, 1.807) is 44.3 Å². The molecular weight excluding hydrogens is 398 g/mol. The molecule has 162 valence electrons. The minimum absolute atomic E-state index is 0.157. The van der Waals surface area contributed by atoms with Gasteiger partial charge in [0.1, 0.15) is 5.92 Å². The van der Waals surface area contributed by atoms with Crippen LogP contribution in [0.1, 0.15) is 31.9 Å². The summed E-state index contributed by atoms with van der Waals surface area (Å²) in [5, 5.41) is 14.0. The molecule has 2 unspecified atom stereocenters. The van der Waals surface area contributed by atoms with Gasteiger partial charge >= 0.3 is 5.97 Å². The summed E-state index contributed by atoms with van der Waals surface area (Å²) in [6.07, 6.45) is 4.98. The Kier molecular flexibility index (Phi) is 8.19. The van der Waals surface area contributed by atoms with Gasteiger partial charge in [-0.25, -0.2) is 0 Å². The monoisotopic (exact) mass is 423 g/mol. The van der Waals surface area contributed by atoms with Crippen molar-refractivity contribution in [2.75, 3.05) is 11.9 Å². The van der Waals surface area contributed by atoms with Gasteiger partial charge in [-0.15, -0.1) is 13.2 Å². The van der Waals surface area contributed by atoms with Gasteiger partial charge in [-0.05, 0) is 37.1 Å². The summed E-state index contributed by atoms with van der Waals surface area (Å²) in [5.41, 5.74) is 1.79. The molecule has 1 aromatic heterocycles. The first kappa shape index (κ1) is 23.5. The van der Waals surface area contributed by atoms with Gasteiger partial charge in [0, 0.05) is 23.9 Å². The summed E-state index contributed by atoms with van der Waals surface area (Å²) in [4.78, 5) is 39.8. The molecule has 2 aromatic rings. The number of amides is 1. The zero-order chi connectivity index (χ0) is 23.0. The van der Waals surface area contributed by atoms with E-state index in [2.05, 4.69) is 23.5 Å². The number of carbonyl (C=O) groups is 2. The number of nitrogens with zero attached hydrogens (tertiary/aromatic N) is 2. The molecule has 1 aromatic carbocycles. The number of allylic oxidation sites excluding steroid dienone is 1. The summed E-state index contributed by atoms with van der Waals surface area (Å²) >= 11 is 0. The first-order valence-electron chi connectivity index (χ1n) is 9.78. The highest BCUT2D eigenvalue weighted by atomic mass is 16.6. The highest BCUT2D eigenvalue weighted by Crippen LogP contribution is 2.33. The molecule has 1 N–H and O–H groups in total. The number of ether oxygens (including phenoxy) is 1. The Morgan fingerprint density at radius 3 is 2.65 bits per heavy atom. The van der Waals surface area contributed by atoms with Crippen LogP contribution in [0.15, 0.2) is 61.8 Å². The van der Waals surface area contributed by atoms with Crippen LogP contribution in [0.2, 0.25) is 0 Å². The van der Waals surface area contributed by atoms with E-state index in [0.717, 1.165) is 0 Å². The number of rotatable bonds is 10. The van der Waals surface area contributed by atoms with Crippen LogP contribution >= 0.6 is 0 Å². The first-order valence-corrected chi connectivity index (χ1v) is 9.78. The number of hydrogen-bond acceptors (Lipinski definition) is 6. The van der Waals surface area contributed by atoms with Crippen molar-refractivity contribution in [2.24, 2.45) is 5.92 Å². The fourth-order valence-electron chi connectivity index (χ4n) is 2.91. The lowest BCUT2D eigenvalue weighted by molar-refractivity contribution is -0.384. The molecule has 0 saturated carbocycles. The Balaban J connectivity index is 2.54. The highest BCUT2D eigenvalue weighted by Gasteiger charge is 2.23. The number of nitrogens with one attached hydrogen (secondary N) is 1. The minimum Gasteiger partial charge on any atom is -0.465 e. The van der Waals surface area contributed by atoms with Crippen LogP contribution < -0.4 is 5.32 Å². The molecule has 1 amide bonds. The second-order valence-corrected chi connectivity index (χ2v) is 6.80.